The molecule has 0 saturated heterocycles. The molecule has 2 rings (SSSR count). The molecule has 0 spiro atoms. The molecule has 0 unspecified atom stereocenters. The molecule has 0 atom stereocenters. The zero-order chi connectivity index (χ0) is 15.3. The molecule has 0 aliphatic heterocycles. The minimum absolute atomic E-state index is 0.105. The summed E-state index contributed by atoms with van der Waals surface area (Å²) in [4.78, 5) is 4.08. The van der Waals surface area contributed by atoms with Gasteiger partial charge >= 0.3 is 0 Å². The summed E-state index contributed by atoms with van der Waals surface area (Å²) in [5.41, 5.74) is 0.985. The molecule has 5 nitrogen and oxygen atoms in total. The van der Waals surface area contributed by atoms with Crippen LogP contribution in [0.5, 0.6) is 0 Å². The average molecular weight is 311 g/mol. The van der Waals surface area contributed by atoms with E-state index in [1.165, 1.54) is 12.8 Å². The van der Waals surface area contributed by atoms with E-state index in [4.69, 9.17) is 0 Å². The van der Waals surface area contributed by atoms with Gasteiger partial charge in [-0.3, -0.25) is 0 Å². The van der Waals surface area contributed by atoms with Crippen LogP contribution in [0, 0.1) is 5.92 Å². The largest absolute Gasteiger partial charge is 0.310 e. The highest BCUT2D eigenvalue weighted by Gasteiger charge is 2.20. The highest BCUT2D eigenvalue weighted by molar-refractivity contribution is 7.89. The number of nitrogens with one attached hydrogen (secondary N) is 2. The predicted octanol–water partition coefficient (Wildman–Crippen LogP) is 2.05. The average Bonchev–Trinajstić information content (AvgIpc) is 2.97. The predicted molar refractivity (Wildman–Crippen MR) is 83.4 cm³/mol. The molecule has 0 aromatic carbocycles. The maximum absolute atomic E-state index is 12.2. The lowest BCUT2D eigenvalue weighted by atomic mass is 10.1. The molecule has 1 aliphatic carbocycles. The van der Waals surface area contributed by atoms with E-state index in [2.05, 4.69) is 28.9 Å². The van der Waals surface area contributed by atoms with Crippen LogP contribution in [0.2, 0.25) is 0 Å². The first kappa shape index (κ1) is 16.4. The fourth-order valence-electron chi connectivity index (χ4n) is 2.51. The molecule has 1 aliphatic rings. The second-order valence-corrected chi connectivity index (χ2v) is 7.76. The van der Waals surface area contributed by atoms with Gasteiger partial charge in [0.05, 0.1) is 0 Å². The van der Waals surface area contributed by atoms with Gasteiger partial charge in [0.15, 0.2) is 5.03 Å². The van der Waals surface area contributed by atoms with Gasteiger partial charge in [0.2, 0.25) is 0 Å². The van der Waals surface area contributed by atoms with E-state index in [1.54, 1.807) is 12.3 Å². The molecule has 21 heavy (non-hydrogen) atoms. The first-order valence-corrected chi connectivity index (χ1v) is 9.13. The molecule has 1 fully saturated rings. The summed E-state index contributed by atoms with van der Waals surface area (Å²) in [5, 5.41) is 3.38. The van der Waals surface area contributed by atoms with Crippen molar-refractivity contribution in [3.63, 3.8) is 0 Å². The van der Waals surface area contributed by atoms with Crippen molar-refractivity contribution in [2.24, 2.45) is 5.92 Å². The van der Waals surface area contributed by atoms with E-state index in [1.807, 2.05) is 6.07 Å². The summed E-state index contributed by atoms with van der Waals surface area (Å²) in [7, 11) is -3.48. The third-order valence-corrected chi connectivity index (χ3v) is 5.16. The van der Waals surface area contributed by atoms with Crippen LogP contribution in [-0.2, 0) is 16.6 Å². The normalized spacial score (nSPS) is 16.7. The van der Waals surface area contributed by atoms with Crippen LogP contribution in [0.1, 0.15) is 45.1 Å². The van der Waals surface area contributed by atoms with Gasteiger partial charge in [0.1, 0.15) is 0 Å². The lowest BCUT2D eigenvalue weighted by Gasteiger charge is -2.11. The number of pyridine rings is 1. The standard InChI is InChI=1S/C15H25N3O2S/c1-12(2)16-9-14-7-8-15(17-10-14)21(19,20)18-11-13-5-3-4-6-13/h7-8,10,12-13,16,18H,3-6,9,11H2,1-2H3. The van der Waals surface area contributed by atoms with Gasteiger partial charge in [-0.25, -0.2) is 18.1 Å². The fourth-order valence-corrected chi connectivity index (χ4v) is 3.55. The van der Waals surface area contributed by atoms with Crippen molar-refractivity contribution in [3.05, 3.63) is 23.9 Å². The Kier molecular flexibility index (Phi) is 5.72. The van der Waals surface area contributed by atoms with Gasteiger partial charge in [0, 0.05) is 25.3 Å². The van der Waals surface area contributed by atoms with Crippen LogP contribution in [0.25, 0.3) is 0 Å². The van der Waals surface area contributed by atoms with E-state index in [0.717, 1.165) is 18.4 Å². The smallest absolute Gasteiger partial charge is 0.258 e. The Labute approximate surface area is 127 Å². The van der Waals surface area contributed by atoms with Gasteiger partial charge < -0.3 is 5.32 Å². The maximum Gasteiger partial charge on any atom is 0.258 e. The summed E-state index contributed by atoms with van der Waals surface area (Å²) >= 11 is 0. The topological polar surface area (TPSA) is 71.1 Å². The Morgan fingerprint density at radius 2 is 2.00 bits per heavy atom. The molecule has 1 saturated carbocycles. The Bertz CT molecular complexity index is 535. The van der Waals surface area contributed by atoms with Crippen molar-refractivity contribution in [1.29, 1.82) is 0 Å². The lowest BCUT2D eigenvalue weighted by Crippen LogP contribution is -2.29. The van der Waals surface area contributed by atoms with Crippen LogP contribution in [0.3, 0.4) is 0 Å². The van der Waals surface area contributed by atoms with Crippen LogP contribution in [0.15, 0.2) is 23.4 Å². The van der Waals surface area contributed by atoms with Crippen LogP contribution < -0.4 is 10.0 Å². The number of aromatic nitrogens is 1. The summed E-state index contributed by atoms with van der Waals surface area (Å²) in [6.45, 7) is 5.36. The maximum atomic E-state index is 12.2. The highest BCUT2D eigenvalue weighted by atomic mass is 32.2. The first-order chi connectivity index (χ1) is 9.97. The summed E-state index contributed by atoms with van der Waals surface area (Å²) < 4.78 is 27.0. The Hall–Kier alpha value is -0.980. The minimum Gasteiger partial charge on any atom is -0.310 e. The van der Waals surface area contributed by atoms with Gasteiger partial charge in [0.25, 0.3) is 10.0 Å². The quantitative estimate of drug-likeness (QED) is 0.808. The molecule has 0 bridgehead atoms. The SMILES string of the molecule is CC(C)NCc1ccc(S(=O)(=O)NCC2CCCC2)nc1. The monoisotopic (exact) mass is 311 g/mol. The zero-order valence-electron chi connectivity index (χ0n) is 12.8. The number of rotatable bonds is 7. The summed E-state index contributed by atoms with van der Waals surface area (Å²) in [6.07, 6.45) is 6.29. The summed E-state index contributed by atoms with van der Waals surface area (Å²) in [5.74, 6) is 0.481. The Morgan fingerprint density at radius 1 is 1.29 bits per heavy atom. The molecule has 0 radical (unpaired) electrons. The van der Waals surface area contributed by atoms with Crippen LogP contribution in [-0.4, -0.2) is 26.0 Å². The lowest BCUT2D eigenvalue weighted by molar-refractivity contribution is 0.518. The number of sulfonamides is 1. The third-order valence-electron chi connectivity index (χ3n) is 3.82. The molecule has 1 aromatic rings. The number of hydrogen-bond donors (Lipinski definition) is 2. The van der Waals surface area contributed by atoms with Crippen molar-refractivity contribution >= 4 is 10.0 Å². The Balaban J connectivity index is 1.92. The molecule has 2 N–H and O–H groups in total. The molecule has 6 heteroatoms. The first-order valence-electron chi connectivity index (χ1n) is 7.65. The van der Waals surface area contributed by atoms with Gasteiger partial charge in [-0.1, -0.05) is 32.8 Å². The van der Waals surface area contributed by atoms with Crippen molar-refractivity contribution in [2.45, 2.75) is 57.1 Å². The number of nitrogens with zero attached hydrogens (tertiary/aromatic N) is 1. The van der Waals surface area contributed by atoms with Crippen molar-refractivity contribution in [1.82, 2.24) is 15.0 Å². The Morgan fingerprint density at radius 3 is 2.57 bits per heavy atom. The van der Waals surface area contributed by atoms with E-state index in [0.29, 0.717) is 25.0 Å². The molecular formula is C15H25N3O2S. The van der Waals surface area contributed by atoms with Crippen LogP contribution >= 0.6 is 0 Å². The zero-order valence-corrected chi connectivity index (χ0v) is 13.6. The van der Waals surface area contributed by atoms with E-state index in [9.17, 15) is 8.42 Å². The molecular weight excluding hydrogens is 286 g/mol. The van der Waals surface area contributed by atoms with Gasteiger partial charge in [-0.2, -0.15) is 0 Å². The number of hydrogen-bond acceptors (Lipinski definition) is 4. The molecule has 0 amide bonds. The highest BCUT2D eigenvalue weighted by Crippen LogP contribution is 2.24. The van der Waals surface area contributed by atoms with Crippen molar-refractivity contribution in [3.8, 4) is 0 Å². The van der Waals surface area contributed by atoms with Crippen LogP contribution in [0.4, 0.5) is 0 Å². The minimum atomic E-state index is -3.48. The van der Waals surface area contributed by atoms with E-state index >= 15 is 0 Å². The molecule has 1 heterocycles. The second-order valence-electron chi connectivity index (χ2n) is 6.04. The molecule has 1 aromatic heterocycles. The fraction of sp³-hybridized carbons (Fsp3) is 0.667. The van der Waals surface area contributed by atoms with E-state index in [-0.39, 0.29) is 5.03 Å². The van der Waals surface area contributed by atoms with Gasteiger partial charge in [-0.05, 0) is 30.4 Å². The van der Waals surface area contributed by atoms with Crippen molar-refractivity contribution < 1.29 is 8.42 Å². The van der Waals surface area contributed by atoms with Gasteiger partial charge in [-0.15, -0.1) is 0 Å². The second kappa shape index (κ2) is 7.33. The van der Waals surface area contributed by atoms with Crippen molar-refractivity contribution in [2.75, 3.05) is 6.54 Å². The molecule has 118 valence electrons. The summed E-state index contributed by atoms with van der Waals surface area (Å²) in [6, 6.07) is 3.78. The third kappa shape index (κ3) is 5.05. The van der Waals surface area contributed by atoms with E-state index < -0.39 is 10.0 Å².